The molecule has 3 heterocycles. The van der Waals surface area contributed by atoms with E-state index in [0.717, 1.165) is 28.1 Å². The molecule has 0 unspecified atom stereocenters. The van der Waals surface area contributed by atoms with E-state index in [1.54, 1.807) is 12.4 Å². The molecule has 0 spiro atoms. The van der Waals surface area contributed by atoms with Crippen LogP contribution in [0, 0.1) is 6.92 Å². The number of imidazole rings is 1. The molecule has 0 radical (unpaired) electrons. The number of pyridine rings is 2. The van der Waals surface area contributed by atoms with Crippen molar-refractivity contribution in [2.45, 2.75) is 13.5 Å². The standard InChI is InChI=1S/C14H15N5/c1-10-8-12-14(17-9-10)19(7-4-15)13(18-12)11-2-5-16-6-3-11/h2-3,5-6,8-9H,4,7,15H2,1H3. The van der Waals surface area contributed by atoms with E-state index in [0.29, 0.717) is 13.1 Å². The van der Waals surface area contributed by atoms with Gasteiger partial charge < -0.3 is 10.3 Å². The van der Waals surface area contributed by atoms with Gasteiger partial charge in [-0.1, -0.05) is 0 Å². The van der Waals surface area contributed by atoms with Crippen LogP contribution in [0.5, 0.6) is 0 Å². The van der Waals surface area contributed by atoms with Crippen LogP contribution in [0.4, 0.5) is 0 Å². The van der Waals surface area contributed by atoms with Crippen molar-refractivity contribution in [3.05, 3.63) is 42.4 Å². The molecular weight excluding hydrogens is 238 g/mol. The van der Waals surface area contributed by atoms with Crippen LogP contribution < -0.4 is 5.73 Å². The Morgan fingerprint density at radius 1 is 1.26 bits per heavy atom. The van der Waals surface area contributed by atoms with Gasteiger partial charge in [0.05, 0.1) is 0 Å². The molecule has 0 saturated carbocycles. The minimum absolute atomic E-state index is 0.555. The Morgan fingerprint density at radius 2 is 2.05 bits per heavy atom. The lowest BCUT2D eigenvalue weighted by atomic mass is 10.2. The Hall–Kier alpha value is -2.27. The van der Waals surface area contributed by atoms with E-state index in [1.165, 1.54) is 0 Å². The molecular formula is C14H15N5. The molecule has 0 saturated heterocycles. The number of aromatic nitrogens is 4. The summed E-state index contributed by atoms with van der Waals surface area (Å²) < 4.78 is 2.06. The lowest BCUT2D eigenvalue weighted by Crippen LogP contribution is -2.11. The highest BCUT2D eigenvalue weighted by atomic mass is 15.1. The molecule has 0 aromatic carbocycles. The van der Waals surface area contributed by atoms with E-state index in [-0.39, 0.29) is 0 Å². The Labute approximate surface area is 111 Å². The smallest absolute Gasteiger partial charge is 0.160 e. The van der Waals surface area contributed by atoms with Gasteiger partial charge in [-0.3, -0.25) is 4.98 Å². The number of nitrogens with two attached hydrogens (primary N) is 1. The van der Waals surface area contributed by atoms with Gasteiger partial charge in [0.1, 0.15) is 11.3 Å². The number of nitrogens with zero attached hydrogens (tertiary/aromatic N) is 4. The molecule has 2 N–H and O–H groups in total. The third-order valence-electron chi connectivity index (χ3n) is 3.01. The lowest BCUT2D eigenvalue weighted by molar-refractivity contribution is 0.729. The molecule has 0 atom stereocenters. The van der Waals surface area contributed by atoms with Crippen molar-refractivity contribution in [1.82, 2.24) is 19.5 Å². The third-order valence-corrected chi connectivity index (χ3v) is 3.01. The fourth-order valence-electron chi connectivity index (χ4n) is 2.17. The van der Waals surface area contributed by atoms with Crippen LogP contribution >= 0.6 is 0 Å². The molecule has 5 heteroatoms. The summed E-state index contributed by atoms with van der Waals surface area (Å²) in [4.78, 5) is 13.2. The summed E-state index contributed by atoms with van der Waals surface area (Å²) in [5.74, 6) is 0.890. The van der Waals surface area contributed by atoms with Crippen molar-refractivity contribution < 1.29 is 0 Å². The molecule has 5 nitrogen and oxygen atoms in total. The zero-order chi connectivity index (χ0) is 13.2. The second-order valence-corrected chi connectivity index (χ2v) is 4.47. The van der Waals surface area contributed by atoms with Crippen molar-refractivity contribution in [1.29, 1.82) is 0 Å². The first-order chi connectivity index (χ1) is 9.29. The number of hydrogen-bond donors (Lipinski definition) is 1. The summed E-state index contributed by atoms with van der Waals surface area (Å²) in [7, 11) is 0. The van der Waals surface area contributed by atoms with Gasteiger partial charge in [0.15, 0.2) is 5.65 Å². The van der Waals surface area contributed by atoms with Crippen molar-refractivity contribution in [2.75, 3.05) is 6.54 Å². The summed E-state index contributed by atoms with van der Waals surface area (Å²) in [5.41, 5.74) is 9.61. The summed E-state index contributed by atoms with van der Waals surface area (Å²) in [6, 6.07) is 5.93. The minimum atomic E-state index is 0.555. The predicted octanol–water partition coefficient (Wildman–Crippen LogP) is 1.76. The topological polar surface area (TPSA) is 69.6 Å². The summed E-state index contributed by atoms with van der Waals surface area (Å²) in [5, 5.41) is 0. The monoisotopic (exact) mass is 253 g/mol. The zero-order valence-corrected chi connectivity index (χ0v) is 10.7. The number of aryl methyl sites for hydroxylation is 1. The van der Waals surface area contributed by atoms with Gasteiger partial charge in [0.2, 0.25) is 0 Å². The number of hydrogen-bond acceptors (Lipinski definition) is 4. The van der Waals surface area contributed by atoms with Crippen LogP contribution in [0.25, 0.3) is 22.6 Å². The highest BCUT2D eigenvalue weighted by Gasteiger charge is 2.12. The van der Waals surface area contributed by atoms with E-state index < -0.39 is 0 Å². The van der Waals surface area contributed by atoms with Crippen LogP contribution in [0.15, 0.2) is 36.8 Å². The molecule has 0 aliphatic heterocycles. The van der Waals surface area contributed by atoms with Crippen molar-refractivity contribution >= 4 is 11.2 Å². The average Bonchev–Trinajstić information content (AvgIpc) is 2.78. The largest absolute Gasteiger partial charge is 0.329 e. The second kappa shape index (κ2) is 4.78. The predicted molar refractivity (Wildman–Crippen MR) is 74.6 cm³/mol. The fraction of sp³-hybridized carbons (Fsp3) is 0.214. The maximum absolute atomic E-state index is 5.70. The Bertz CT molecular complexity index is 702. The Kier molecular flexibility index (Phi) is 2.97. The van der Waals surface area contributed by atoms with Crippen LogP contribution in [-0.4, -0.2) is 26.1 Å². The molecule has 0 fully saturated rings. The van der Waals surface area contributed by atoms with E-state index in [4.69, 9.17) is 5.73 Å². The van der Waals surface area contributed by atoms with Gasteiger partial charge in [0, 0.05) is 37.2 Å². The second-order valence-electron chi connectivity index (χ2n) is 4.47. The molecule has 0 amide bonds. The van der Waals surface area contributed by atoms with Gasteiger partial charge in [0.25, 0.3) is 0 Å². The SMILES string of the molecule is Cc1cnc2c(c1)nc(-c1ccncc1)n2CCN. The molecule has 0 aliphatic rings. The van der Waals surface area contributed by atoms with Crippen molar-refractivity contribution in [2.24, 2.45) is 5.73 Å². The first kappa shape index (κ1) is 11.8. The molecule has 3 rings (SSSR count). The highest BCUT2D eigenvalue weighted by Crippen LogP contribution is 2.23. The molecule has 0 bridgehead atoms. The van der Waals surface area contributed by atoms with E-state index >= 15 is 0 Å². The van der Waals surface area contributed by atoms with E-state index in [1.807, 2.05) is 31.3 Å². The van der Waals surface area contributed by atoms with E-state index in [2.05, 4.69) is 19.5 Å². The fourth-order valence-corrected chi connectivity index (χ4v) is 2.17. The molecule has 0 aliphatic carbocycles. The van der Waals surface area contributed by atoms with Gasteiger partial charge in [-0.05, 0) is 30.7 Å². The zero-order valence-electron chi connectivity index (χ0n) is 10.7. The Balaban J connectivity index is 2.26. The maximum Gasteiger partial charge on any atom is 0.160 e. The quantitative estimate of drug-likeness (QED) is 0.772. The van der Waals surface area contributed by atoms with Gasteiger partial charge in [-0.15, -0.1) is 0 Å². The molecule has 3 aromatic rings. The van der Waals surface area contributed by atoms with Gasteiger partial charge >= 0.3 is 0 Å². The summed E-state index contributed by atoms with van der Waals surface area (Å²) in [6.45, 7) is 3.27. The first-order valence-corrected chi connectivity index (χ1v) is 6.23. The Morgan fingerprint density at radius 3 is 2.79 bits per heavy atom. The van der Waals surface area contributed by atoms with Crippen LogP contribution in [0.1, 0.15) is 5.56 Å². The normalized spacial score (nSPS) is 11.1. The summed E-state index contributed by atoms with van der Waals surface area (Å²) >= 11 is 0. The molecule has 19 heavy (non-hydrogen) atoms. The maximum atomic E-state index is 5.70. The molecule has 96 valence electrons. The minimum Gasteiger partial charge on any atom is -0.329 e. The number of rotatable bonds is 3. The van der Waals surface area contributed by atoms with Gasteiger partial charge in [-0.25, -0.2) is 9.97 Å². The average molecular weight is 253 g/mol. The van der Waals surface area contributed by atoms with E-state index in [9.17, 15) is 0 Å². The van der Waals surface area contributed by atoms with Gasteiger partial charge in [-0.2, -0.15) is 0 Å². The lowest BCUT2D eigenvalue weighted by Gasteiger charge is -2.06. The summed E-state index contributed by atoms with van der Waals surface area (Å²) in [6.07, 6.45) is 5.38. The highest BCUT2D eigenvalue weighted by molar-refractivity contribution is 5.77. The molecule has 3 aromatic heterocycles. The first-order valence-electron chi connectivity index (χ1n) is 6.23. The van der Waals surface area contributed by atoms with Crippen molar-refractivity contribution in [3.63, 3.8) is 0 Å². The van der Waals surface area contributed by atoms with Crippen LogP contribution in [-0.2, 0) is 6.54 Å². The number of fused-ring (bicyclic) bond motifs is 1. The third kappa shape index (κ3) is 2.08. The van der Waals surface area contributed by atoms with Crippen LogP contribution in [0.2, 0.25) is 0 Å². The van der Waals surface area contributed by atoms with Crippen molar-refractivity contribution in [3.8, 4) is 11.4 Å². The van der Waals surface area contributed by atoms with Crippen LogP contribution in [0.3, 0.4) is 0 Å².